The smallest absolute Gasteiger partial charge is 0.480 e. The molecule has 3 atom stereocenters. The van der Waals surface area contributed by atoms with Crippen molar-refractivity contribution in [1.29, 1.82) is 0 Å². The average Bonchev–Trinajstić information content (AvgIpc) is 2.84. The molecule has 0 aliphatic heterocycles. The summed E-state index contributed by atoms with van der Waals surface area (Å²) in [6.07, 6.45) is -2.99. The first-order valence-corrected chi connectivity index (χ1v) is 13.7. The molecule has 0 saturated carbocycles. The van der Waals surface area contributed by atoms with Crippen LogP contribution in [0.4, 0.5) is 14.4 Å². The molecule has 1 aromatic rings. The van der Waals surface area contributed by atoms with Gasteiger partial charge in [0.05, 0.1) is 26.4 Å². The Labute approximate surface area is 248 Å². The number of hydrogen-bond acceptors (Lipinski definition) is 11. The number of carbonyl (C=O) groups is 4. The van der Waals surface area contributed by atoms with E-state index in [0.29, 0.717) is 5.56 Å². The van der Waals surface area contributed by atoms with Crippen LogP contribution in [0.25, 0.3) is 0 Å². The van der Waals surface area contributed by atoms with Crippen molar-refractivity contribution in [2.45, 2.75) is 81.2 Å². The summed E-state index contributed by atoms with van der Waals surface area (Å²) in [5.41, 5.74) is 5.43. The maximum Gasteiger partial charge on any atom is 0.513 e. The number of carboxylic acid groups (broad SMARTS) is 1. The minimum absolute atomic E-state index is 0.0432. The number of rotatable bonds is 11. The Morgan fingerprint density at radius 2 is 1.14 bits per heavy atom. The summed E-state index contributed by atoms with van der Waals surface area (Å²) in [5, 5.41) is 9.72. The van der Waals surface area contributed by atoms with Crippen molar-refractivity contribution >= 4 is 24.4 Å². The summed E-state index contributed by atoms with van der Waals surface area (Å²) in [7, 11) is 0. The van der Waals surface area contributed by atoms with Crippen molar-refractivity contribution in [3.8, 4) is 11.5 Å². The Morgan fingerprint density at radius 3 is 1.57 bits per heavy atom. The molecule has 1 aromatic carbocycles. The third-order valence-electron chi connectivity index (χ3n) is 5.36. The van der Waals surface area contributed by atoms with Crippen LogP contribution in [-0.4, -0.2) is 62.0 Å². The Morgan fingerprint density at radius 1 is 0.714 bits per heavy atom. The molecular weight excluding hydrogens is 550 g/mol. The van der Waals surface area contributed by atoms with Gasteiger partial charge in [0.1, 0.15) is 6.04 Å². The minimum atomic E-state index is -1.43. The molecule has 1 rings (SSSR count). The second-order valence-corrected chi connectivity index (χ2v) is 13.9. The Balaban J connectivity index is 3.32. The number of benzene rings is 1. The zero-order chi connectivity index (χ0) is 32.5. The maximum absolute atomic E-state index is 12.5. The lowest BCUT2D eigenvalue weighted by Gasteiger charge is -2.28. The van der Waals surface area contributed by atoms with E-state index in [4.69, 9.17) is 34.2 Å². The van der Waals surface area contributed by atoms with Crippen molar-refractivity contribution in [2.75, 3.05) is 26.4 Å². The van der Waals surface area contributed by atoms with Gasteiger partial charge in [0, 0.05) is 5.92 Å². The summed E-state index contributed by atoms with van der Waals surface area (Å²) in [5.74, 6) is -3.24. The molecule has 0 saturated heterocycles. The summed E-state index contributed by atoms with van der Waals surface area (Å²) < 4.78 is 31.3. The van der Waals surface area contributed by atoms with Gasteiger partial charge in [-0.25, -0.2) is 14.4 Å². The molecule has 0 fully saturated rings. The van der Waals surface area contributed by atoms with Gasteiger partial charge in [0.15, 0.2) is 11.5 Å². The van der Waals surface area contributed by atoms with E-state index in [1.165, 1.54) is 18.2 Å². The number of carbonyl (C=O) groups excluding carboxylic acids is 3. The Hall–Kier alpha value is -3.54. The van der Waals surface area contributed by atoms with Crippen molar-refractivity contribution < 1.29 is 52.7 Å². The third kappa shape index (κ3) is 14.4. The van der Waals surface area contributed by atoms with Crippen LogP contribution in [0.3, 0.4) is 0 Å². The molecule has 0 bridgehead atoms. The molecule has 42 heavy (non-hydrogen) atoms. The fraction of sp³-hybridized carbons (Fsp3) is 0.667. The Bertz CT molecular complexity index is 1080. The van der Waals surface area contributed by atoms with E-state index >= 15 is 0 Å². The zero-order valence-corrected chi connectivity index (χ0v) is 26.4. The number of ether oxygens (including phenoxy) is 6. The number of nitrogens with two attached hydrogens (primary N) is 1. The van der Waals surface area contributed by atoms with Crippen molar-refractivity contribution in [3.05, 3.63) is 23.8 Å². The number of carboxylic acids is 1. The highest BCUT2D eigenvalue weighted by Crippen LogP contribution is 2.36. The van der Waals surface area contributed by atoms with Gasteiger partial charge in [0.25, 0.3) is 0 Å². The maximum atomic E-state index is 12.5. The fourth-order valence-corrected chi connectivity index (χ4v) is 3.35. The summed E-state index contributed by atoms with van der Waals surface area (Å²) >= 11 is 0. The van der Waals surface area contributed by atoms with E-state index in [0.717, 1.165) is 0 Å². The van der Waals surface area contributed by atoms with E-state index < -0.39 is 42.3 Å². The third-order valence-corrected chi connectivity index (χ3v) is 5.36. The van der Waals surface area contributed by atoms with Gasteiger partial charge < -0.3 is 39.3 Å². The number of hydrogen-bond donors (Lipinski definition) is 2. The summed E-state index contributed by atoms with van der Waals surface area (Å²) in [6, 6.07) is 2.69. The van der Waals surface area contributed by atoms with Gasteiger partial charge in [-0.1, -0.05) is 75.3 Å². The van der Waals surface area contributed by atoms with Crippen LogP contribution in [0.2, 0.25) is 0 Å². The van der Waals surface area contributed by atoms with Gasteiger partial charge in [-0.05, 0) is 39.9 Å². The van der Waals surface area contributed by atoms with Crippen molar-refractivity contribution in [3.63, 3.8) is 0 Å². The second-order valence-electron chi connectivity index (χ2n) is 13.9. The van der Waals surface area contributed by atoms with Crippen LogP contribution >= 0.6 is 0 Å². The number of aliphatic carboxylic acids is 1. The quantitative estimate of drug-likeness (QED) is 0.170. The predicted octanol–water partition coefficient (Wildman–Crippen LogP) is 6.14. The van der Waals surface area contributed by atoms with Gasteiger partial charge >= 0.3 is 24.4 Å². The predicted molar refractivity (Wildman–Crippen MR) is 154 cm³/mol. The van der Waals surface area contributed by atoms with E-state index in [9.17, 15) is 24.3 Å². The molecule has 238 valence electrons. The van der Waals surface area contributed by atoms with Gasteiger partial charge in [-0.2, -0.15) is 0 Å². The molecular formula is C30H47NO11. The first-order chi connectivity index (χ1) is 19.1. The largest absolute Gasteiger partial charge is 0.513 e. The van der Waals surface area contributed by atoms with E-state index in [2.05, 4.69) is 0 Å². The van der Waals surface area contributed by atoms with Crippen LogP contribution in [0.1, 0.15) is 80.7 Å². The van der Waals surface area contributed by atoms with Crippen LogP contribution in [-0.2, 0) is 23.7 Å². The fourth-order valence-electron chi connectivity index (χ4n) is 3.35. The van der Waals surface area contributed by atoms with Gasteiger partial charge in [-0.15, -0.1) is 0 Å². The molecule has 0 aromatic heterocycles. The molecule has 2 unspecified atom stereocenters. The lowest BCUT2D eigenvalue weighted by atomic mass is 9.82. The Kier molecular flexibility index (Phi) is 13.1. The highest BCUT2D eigenvalue weighted by atomic mass is 16.7. The van der Waals surface area contributed by atoms with E-state index in [1.54, 1.807) is 6.92 Å². The molecule has 12 heteroatoms. The van der Waals surface area contributed by atoms with Crippen LogP contribution in [0.15, 0.2) is 18.2 Å². The molecule has 12 nitrogen and oxygen atoms in total. The molecule has 0 aliphatic rings. The molecule has 0 heterocycles. The first kappa shape index (κ1) is 36.5. The molecule has 0 aliphatic carbocycles. The van der Waals surface area contributed by atoms with E-state index in [1.807, 2.05) is 62.3 Å². The SMILES string of the molecule is CC(COC(=O)OCC(C)(C)C)C(c1ccc(OC(=O)OCC(C)(C)C)c(OC(=O)OCC(C)(C)C)c1)[C@H](N)C(=O)O. The molecule has 3 N–H and O–H groups in total. The normalized spacial score (nSPS) is 14.2. The minimum Gasteiger partial charge on any atom is -0.480 e. The van der Waals surface area contributed by atoms with Crippen molar-refractivity contribution in [1.82, 2.24) is 0 Å². The van der Waals surface area contributed by atoms with Crippen LogP contribution in [0.5, 0.6) is 11.5 Å². The lowest BCUT2D eigenvalue weighted by molar-refractivity contribution is -0.139. The highest BCUT2D eigenvalue weighted by molar-refractivity contribution is 5.75. The van der Waals surface area contributed by atoms with Crippen LogP contribution in [0, 0.1) is 22.2 Å². The molecule has 0 amide bonds. The monoisotopic (exact) mass is 597 g/mol. The van der Waals surface area contributed by atoms with Crippen molar-refractivity contribution in [2.24, 2.45) is 27.9 Å². The highest BCUT2D eigenvalue weighted by Gasteiger charge is 2.33. The van der Waals surface area contributed by atoms with Crippen LogP contribution < -0.4 is 15.2 Å². The first-order valence-electron chi connectivity index (χ1n) is 13.7. The average molecular weight is 598 g/mol. The summed E-state index contributed by atoms with van der Waals surface area (Å²) in [6.45, 7) is 18.5. The molecule has 0 radical (unpaired) electrons. The summed E-state index contributed by atoms with van der Waals surface area (Å²) in [4.78, 5) is 48.9. The lowest BCUT2D eigenvalue weighted by Crippen LogP contribution is -2.40. The van der Waals surface area contributed by atoms with Gasteiger partial charge in [-0.3, -0.25) is 4.79 Å². The standard InChI is InChI=1S/C30H47NO11/c1-18(14-37-25(34)38-15-28(2,3)4)22(23(31)24(32)33)19-11-12-20(41-26(35)39-16-29(5,6)7)21(13-19)42-27(36)40-17-30(8,9)10/h11-13,18,22-23H,14-17,31H2,1-10H3,(H,32,33)/t18?,22?,23-/m0/s1. The zero-order valence-electron chi connectivity index (χ0n) is 26.4. The second kappa shape index (κ2) is 15.1. The molecule has 0 spiro atoms. The van der Waals surface area contributed by atoms with E-state index in [-0.39, 0.29) is 54.2 Å². The topological polar surface area (TPSA) is 170 Å². The van der Waals surface area contributed by atoms with Gasteiger partial charge in [0.2, 0.25) is 0 Å².